The van der Waals surface area contributed by atoms with Gasteiger partial charge < -0.3 is 15.8 Å². The largest absolute Gasteiger partial charge is 0.494 e. The van der Waals surface area contributed by atoms with Gasteiger partial charge in [0.1, 0.15) is 5.75 Å². The van der Waals surface area contributed by atoms with Crippen molar-refractivity contribution in [2.24, 2.45) is 11.7 Å². The zero-order valence-electron chi connectivity index (χ0n) is 14.3. The van der Waals surface area contributed by atoms with Crippen molar-refractivity contribution in [2.75, 3.05) is 6.61 Å². The minimum absolute atomic E-state index is 0.0554. The molecule has 0 aliphatic carbocycles. The third kappa shape index (κ3) is 6.48. The van der Waals surface area contributed by atoms with E-state index in [4.69, 9.17) is 10.5 Å². The Bertz CT molecular complexity index is 443. The molecule has 2 atom stereocenters. The number of rotatable bonds is 9. The first kappa shape index (κ1) is 18.5. The van der Waals surface area contributed by atoms with Crippen LogP contribution >= 0.6 is 0 Å². The number of nitrogens with two attached hydrogens (primary N) is 1. The molecule has 1 rings (SSSR count). The number of amides is 1. The lowest BCUT2D eigenvalue weighted by Crippen LogP contribution is -2.41. The van der Waals surface area contributed by atoms with Gasteiger partial charge in [0.05, 0.1) is 18.7 Å². The van der Waals surface area contributed by atoms with E-state index in [-0.39, 0.29) is 11.9 Å². The molecule has 0 saturated carbocycles. The van der Waals surface area contributed by atoms with Crippen molar-refractivity contribution < 1.29 is 9.53 Å². The second-order valence-electron chi connectivity index (χ2n) is 6.23. The maximum Gasteiger partial charge on any atom is 0.237 e. The van der Waals surface area contributed by atoms with Gasteiger partial charge in [-0.2, -0.15) is 0 Å². The molecule has 4 heteroatoms. The van der Waals surface area contributed by atoms with Gasteiger partial charge in [-0.05, 0) is 43.4 Å². The van der Waals surface area contributed by atoms with Crippen LogP contribution in [0.15, 0.2) is 24.3 Å². The number of hydrogen-bond acceptors (Lipinski definition) is 3. The number of carbonyl (C=O) groups excluding carboxylic acids is 1. The second-order valence-corrected chi connectivity index (χ2v) is 6.23. The van der Waals surface area contributed by atoms with Crippen LogP contribution in [0, 0.1) is 5.92 Å². The third-order valence-corrected chi connectivity index (χ3v) is 3.64. The maximum absolute atomic E-state index is 11.9. The molecule has 0 fully saturated rings. The summed E-state index contributed by atoms with van der Waals surface area (Å²) in [5.41, 5.74) is 6.87. The predicted octanol–water partition coefficient (Wildman–Crippen LogP) is 3.42. The van der Waals surface area contributed by atoms with Crippen LogP contribution in [0.2, 0.25) is 0 Å². The highest BCUT2D eigenvalue weighted by atomic mass is 16.5. The Labute approximate surface area is 134 Å². The van der Waals surface area contributed by atoms with Crippen LogP contribution in [-0.2, 0) is 4.79 Å². The van der Waals surface area contributed by atoms with E-state index in [2.05, 4.69) is 19.2 Å². The highest BCUT2D eigenvalue weighted by Gasteiger charge is 2.15. The van der Waals surface area contributed by atoms with Crippen molar-refractivity contribution >= 4 is 5.91 Å². The molecule has 0 heterocycles. The summed E-state index contributed by atoms with van der Waals surface area (Å²) < 4.78 is 5.70. The standard InChI is InChI=1S/C18H30N2O2/c1-5-6-17(19)18(21)20-14(4)15-7-9-16(10-8-15)22-12-11-13(2)3/h7-10,13-14,17H,5-6,11-12,19H2,1-4H3,(H,20,21). The van der Waals surface area contributed by atoms with Crippen LogP contribution in [0.5, 0.6) is 5.75 Å². The van der Waals surface area contributed by atoms with E-state index >= 15 is 0 Å². The molecule has 0 radical (unpaired) electrons. The molecule has 2 unspecified atom stereocenters. The summed E-state index contributed by atoms with van der Waals surface area (Å²) in [5, 5.41) is 2.95. The van der Waals surface area contributed by atoms with Crippen molar-refractivity contribution in [1.29, 1.82) is 0 Å². The quantitative estimate of drug-likeness (QED) is 0.735. The first-order valence-electron chi connectivity index (χ1n) is 8.22. The Morgan fingerprint density at radius 1 is 1.18 bits per heavy atom. The SMILES string of the molecule is CCCC(N)C(=O)NC(C)c1ccc(OCCC(C)C)cc1. The fourth-order valence-electron chi connectivity index (χ4n) is 2.11. The molecule has 1 aromatic rings. The second kappa shape index (κ2) is 9.46. The van der Waals surface area contributed by atoms with E-state index in [0.717, 1.165) is 30.8 Å². The fourth-order valence-corrected chi connectivity index (χ4v) is 2.11. The predicted molar refractivity (Wildman–Crippen MR) is 90.8 cm³/mol. The first-order valence-corrected chi connectivity index (χ1v) is 8.22. The summed E-state index contributed by atoms with van der Waals surface area (Å²) in [4.78, 5) is 11.9. The van der Waals surface area contributed by atoms with Crippen molar-refractivity contribution in [3.8, 4) is 5.75 Å². The van der Waals surface area contributed by atoms with E-state index in [1.807, 2.05) is 38.1 Å². The van der Waals surface area contributed by atoms with Crippen LogP contribution in [-0.4, -0.2) is 18.6 Å². The molecule has 0 bridgehead atoms. The summed E-state index contributed by atoms with van der Waals surface area (Å²) in [5.74, 6) is 1.42. The molecule has 4 nitrogen and oxygen atoms in total. The van der Waals surface area contributed by atoms with Crippen LogP contribution in [0.4, 0.5) is 0 Å². The maximum atomic E-state index is 11.9. The molecule has 1 amide bonds. The lowest BCUT2D eigenvalue weighted by molar-refractivity contribution is -0.123. The van der Waals surface area contributed by atoms with Crippen molar-refractivity contribution in [3.63, 3.8) is 0 Å². The Kier molecular flexibility index (Phi) is 7.96. The van der Waals surface area contributed by atoms with Crippen LogP contribution < -0.4 is 15.8 Å². The number of hydrogen-bond donors (Lipinski definition) is 2. The Morgan fingerprint density at radius 2 is 1.82 bits per heavy atom. The van der Waals surface area contributed by atoms with Gasteiger partial charge >= 0.3 is 0 Å². The van der Waals surface area contributed by atoms with Gasteiger partial charge in [-0.1, -0.05) is 39.3 Å². The van der Waals surface area contributed by atoms with Gasteiger partial charge in [-0.15, -0.1) is 0 Å². The van der Waals surface area contributed by atoms with Gasteiger partial charge in [-0.3, -0.25) is 4.79 Å². The van der Waals surface area contributed by atoms with Gasteiger partial charge in [-0.25, -0.2) is 0 Å². The van der Waals surface area contributed by atoms with Crippen molar-refractivity contribution in [1.82, 2.24) is 5.32 Å². The Hall–Kier alpha value is -1.55. The normalized spacial score (nSPS) is 13.7. The molecular formula is C18H30N2O2. The molecule has 0 saturated heterocycles. The summed E-state index contributed by atoms with van der Waals surface area (Å²) in [6.45, 7) is 9.08. The van der Waals surface area contributed by atoms with E-state index in [9.17, 15) is 4.79 Å². The lowest BCUT2D eigenvalue weighted by atomic mass is 10.1. The summed E-state index contributed by atoms with van der Waals surface area (Å²) >= 11 is 0. The number of benzene rings is 1. The number of carbonyl (C=O) groups is 1. The van der Waals surface area contributed by atoms with Gasteiger partial charge in [0.15, 0.2) is 0 Å². The monoisotopic (exact) mass is 306 g/mol. The van der Waals surface area contributed by atoms with Crippen LogP contribution in [0.1, 0.15) is 58.6 Å². The lowest BCUT2D eigenvalue weighted by Gasteiger charge is -2.18. The number of nitrogens with one attached hydrogen (secondary N) is 1. The van der Waals surface area contributed by atoms with Crippen molar-refractivity contribution in [3.05, 3.63) is 29.8 Å². The van der Waals surface area contributed by atoms with E-state index in [1.165, 1.54) is 0 Å². The highest BCUT2D eigenvalue weighted by molar-refractivity contribution is 5.81. The summed E-state index contributed by atoms with van der Waals surface area (Å²) in [6.07, 6.45) is 2.66. The van der Waals surface area contributed by atoms with Gasteiger partial charge in [0, 0.05) is 0 Å². The molecule has 0 aromatic heterocycles. The third-order valence-electron chi connectivity index (χ3n) is 3.64. The average Bonchev–Trinajstić information content (AvgIpc) is 2.47. The molecular weight excluding hydrogens is 276 g/mol. The highest BCUT2D eigenvalue weighted by Crippen LogP contribution is 2.18. The van der Waals surface area contributed by atoms with Crippen molar-refractivity contribution in [2.45, 2.75) is 59.0 Å². The van der Waals surface area contributed by atoms with Crippen LogP contribution in [0.25, 0.3) is 0 Å². The van der Waals surface area contributed by atoms with E-state index in [1.54, 1.807) is 0 Å². The van der Waals surface area contributed by atoms with E-state index in [0.29, 0.717) is 12.3 Å². The van der Waals surface area contributed by atoms with E-state index < -0.39 is 6.04 Å². The molecule has 0 spiro atoms. The van der Waals surface area contributed by atoms with Crippen LogP contribution in [0.3, 0.4) is 0 Å². The Balaban J connectivity index is 2.49. The Morgan fingerprint density at radius 3 is 2.36 bits per heavy atom. The molecule has 3 N–H and O–H groups in total. The zero-order valence-corrected chi connectivity index (χ0v) is 14.3. The minimum Gasteiger partial charge on any atom is -0.494 e. The average molecular weight is 306 g/mol. The molecule has 1 aromatic carbocycles. The molecule has 0 aliphatic heterocycles. The minimum atomic E-state index is -0.425. The van der Waals surface area contributed by atoms with Gasteiger partial charge in [0.25, 0.3) is 0 Å². The molecule has 22 heavy (non-hydrogen) atoms. The summed E-state index contributed by atoms with van der Waals surface area (Å²) in [7, 11) is 0. The molecule has 0 aliphatic rings. The zero-order chi connectivity index (χ0) is 16.5. The van der Waals surface area contributed by atoms with Gasteiger partial charge in [0.2, 0.25) is 5.91 Å². The fraction of sp³-hybridized carbons (Fsp3) is 0.611. The summed E-state index contributed by atoms with van der Waals surface area (Å²) in [6, 6.07) is 7.39. The smallest absolute Gasteiger partial charge is 0.237 e. The number of ether oxygens (including phenoxy) is 1. The molecule has 124 valence electrons. The first-order chi connectivity index (χ1) is 10.4. The topological polar surface area (TPSA) is 64.4 Å².